The van der Waals surface area contributed by atoms with Gasteiger partial charge in [-0.15, -0.1) is 5.10 Å². The van der Waals surface area contributed by atoms with E-state index in [0.29, 0.717) is 17.2 Å². The average Bonchev–Trinajstić information content (AvgIpc) is 3.31. The van der Waals surface area contributed by atoms with E-state index in [9.17, 15) is 0 Å². The Hall–Kier alpha value is -2.87. The zero-order valence-corrected chi connectivity index (χ0v) is 14.6. The summed E-state index contributed by atoms with van der Waals surface area (Å²) in [4.78, 5) is 8.97. The summed E-state index contributed by atoms with van der Waals surface area (Å²) in [6.45, 7) is 1.99. The lowest BCUT2D eigenvalue weighted by atomic mass is 10.1. The van der Waals surface area contributed by atoms with E-state index in [1.165, 1.54) is 18.1 Å². The topological polar surface area (TPSA) is 81.0 Å². The third-order valence-electron chi connectivity index (χ3n) is 3.83. The van der Waals surface area contributed by atoms with Gasteiger partial charge in [-0.2, -0.15) is 5.10 Å². The molecule has 1 aromatic carbocycles. The molecule has 0 aliphatic heterocycles. The van der Waals surface area contributed by atoms with Gasteiger partial charge in [-0.1, -0.05) is 42.1 Å². The summed E-state index contributed by atoms with van der Waals surface area (Å²) in [5, 5.41) is 12.1. The van der Waals surface area contributed by atoms with Crippen LogP contribution in [-0.4, -0.2) is 36.9 Å². The first-order valence-electron chi connectivity index (χ1n) is 7.73. The summed E-state index contributed by atoms with van der Waals surface area (Å²) in [5.74, 6) is 1.39. The van der Waals surface area contributed by atoms with Crippen LogP contribution in [0, 0.1) is 6.92 Å². The Labute approximate surface area is 148 Å². The van der Waals surface area contributed by atoms with Gasteiger partial charge in [-0.05, 0) is 24.6 Å². The molecule has 25 heavy (non-hydrogen) atoms. The maximum atomic E-state index is 5.43. The third kappa shape index (κ3) is 2.96. The van der Waals surface area contributed by atoms with E-state index >= 15 is 0 Å². The number of ether oxygens (including phenoxy) is 1. The molecule has 0 saturated heterocycles. The summed E-state index contributed by atoms with van der Waals surface area (Å²) in [7, 11) is 1.64. The maximum Gasteiger partial charge on any atom is 0.198 e. The molecule has 0 spiro atoms. The average molecular weight is 352 g/mol. The zero-order valence-electron chi connectivity index (χ0n) is 13.7. The number of pyridine rings is 1. The van der Waals surface area contributed by atoms with Crippen molar-refractivity contribution in [3.05, 3.63) is 65.9 Å². The molecule has 0 aliphatic rings. The number of methoxy groups -OCH3 is 1. The predicted octanol–water partition coefficient (Wildman–Crippen LogP) is 3.05. The van der Waals surface area contributed by atoms with E-state index in [-0.39, 0.29) is 5.25 Å². The fourth-order valence-corrected chi connectivity index (χ4v) is 3.54. The second kappa shape index (κ2) is 6.56. The molecule has 4 aromatic rings. The smallest absolute Gasteiger partial charge is 0.198 e. The summed E-state index contributed by atoms with van der Waals surface area (Å²) < 4.78 is 7.24. The number of benzene rings is 1. The maximum absolute atomic E-state index is 5.43. The van der Waals surface area contributed by atoms with Gasteiger partial charge in [0, 0.05) is 5.69 Å². The number of nitrogens with zero attached hydrogens (tertiary/aromatic N) is 5. The lowest BCUT2D eigenvalue weighted by molar-refractivity contribution is 0.416. The molecule has 7 nitrogen and oxygen atoms in total. The fourth-order valence-electron chi connectivity index (χ4n) is 2.61. The van der Waals surface area contributed by atoms with Gasteiger partial charge in [-0.3, -0.25) is 5.10 Å². The minimum Gasteiger partial charge on any atom is -0.493 e. The third-order valence-corrected chi connectivity index (χ3v) is 4.97. The Bertz CT molecular complexity index is 983. The lowest BCUT2D eigenvalue weighted by Gasteiger charge is -2.11. The Morgan fingerprint density at radius 2 is 2.00 bits per heavy atom. The van der Waals surface area contributed by atoms with Gasteiger partial charge in [0.2, 0.25) is 0 Å². The first kappa shape index (κ1) is 15.6. The van der Waals surface area contributed by atoms with Gasteiger partial charge in [0.05, 0.1) is 12.4 Å². The molecule has 1 N–H and O–H groups in total. The lowest BCUT2D eigenvalue weighted by Crippen LogP contribution is -2.01. The summed E-state index contributed by atoms with van der Waals surface area (Å²) >= 11 is 1.53. The van der Waals surface area contributed by atoms with Crippen molar-refractivity contribution in [2.24, 2.45) is 0 Å². The normalized spacial score (nSPS) is 12.4. The quantitative estimate of drug-likeness (QED) is 0.556. The molecule has 0 saturated carbocycles. The van der Waals surface area contributed by atoms with Crippen LogP contribution in [0.5, 0.6) is 5.75 Å². The number of aromatic amines is 1. The van der Waals surface area contributed by atoms with Crippen molar-refractivity contribution < 1.29 is 4.74 Å². The van der Waals surface area contributed by atoms with Crippen molar-refractivity contribution in [1.82, 2.24) is 29.8 Å². The van der Waals surface area contributed by atoms with E-state index in [1.54, 1.807) is 7.11 Å². The highest BCUT2D eigenvalue weighted by atomic mass is 32.2. The number of aromatic nitrogens is 6. The van der Waals surface area contributed by atoms with Gasteiger partial charge < -0.3 is 4.74 Å². The molecule has 0 radical (unpaired) electrons. The van der Waals surface area contributed by atoms with Crippen LogP contribution in [-0.2, 0) is 0 Å². The SMILES string of the molecule is COc1ccc(C)n2nc(C(Sc3ncn[nH]3)c3ccccc3)nc12. The first-order chi connectivity index (χ1) is 12.3. The van der Waals surface area contributed by atoms with E-state index in [1.807, 2.05) is 41.8 Å². The van der Waals surface area contributed by atoms with Gasteiger partial charge in [0.1, 0.15) is 6.33 Å². The van der Waals surface area contributed by atoms with Crippen molar-refractivity contribution in [2.45, 2.75) is 17.3 Å². The molecule has 0 aliphatic carbocycles. The Morgan fingerprint density at radius 3 is 2.72 bits per heavy atom. The van der Waals surface area contributed by atoms with E-state index in [4.69, 9.17) is 14.8 Å². The fraction of sp³-hybridized carbons (Fsp3) is 0.176. The second-order valence-electron chi connectivity index (χ2n) is 5.45. The Balaban J connectivity index is 1.84. The highest BCUT2D eigenvalue weighted by Gasteiger charge is 2.23. The molecule has 126 valence electrons. The molecule has 3 aromatic heterocycles. The second-order valence-corrected chi connectivity index (χ2v) is 6.54. The number of fused-ring (bicyclic) bond motifs is 1. The van der Waals surface area contributed by atoms with Crippen molar-refractivity contribution >= 4 is 17.4 Å². The van der Waals surface area contributed by atoms with Gasteiger partial charge in [0.25, 0.3) is 0 Å². The van der Waals surface area contributed by atoms with Crippen LogP contribution in [0.3, 0.4) is 0 Å². The molecular weight excluding hydrogens is 336 g/mol. The van der Waals surface area contributed by atoms with Crippen LogP contribution in [0.1, 0.15) is 22.3 Å². The van der Waals surface area contributed by atoms with Crippen molar-refractivity contribution in [3.8, 4) is 5.75 Å². The van der Waals surface area contributed by atoms with Crippen LogP contribution >= 0.6 is 11.8 Å². The molecule has 0 amide bonds. The molecule has 4 rings (SSSR count). The summed E-state index contributed by atoms with van der Waals surface area (Å²) in [5.41, 5.74) is 2.79. The molecule has 0 bridgehead atoms. The van der Waals surface area contributed by atoms with Crippen molar-refractivity contribution in [2.75, 3.05) is 7.11 Å². The number of H-pyrrole nitrogens is 1. The Morgan fingerprint density at radius 1 is 1.16 bits per heavy atom. The highest BCUT2D eigenvalue weighted by Crippen LogP contribution is 2.38. The molecule has 0 fully saturated rings. The molecule has 1 atom stereocenters. The minimum atomic E-state index is -0.113. The highest BCUT2D eigenvalue weighted by molar-refractivity contribution is 7.99. The molecule has 3 heterocycles. The first-order valence-corrected chi connectivity index (χ1v) is 8.61. The van der Waals surface area contributed by atoms with Crippen molar-refractivity contribution in [1.29, 1.82) is 0 Å². The minimum absolute atomic E-state index is 0.113. The van der Waals surface area contributed by atoms with Crippen LogP contribution in [0.15, 0.2) is 53.9 Å². The van der Waals surface area contributed by atoms with Crippen LogP contribution in [0.4, 0.5) is 0 Å². The molecule has 8 heteroatoms. The predicted molar refractivity (Wildman–Crippen MR) is 94.8 cm³/mol. The molecule has 1 unspecified atom stereocenters. The van der Waals surface area contributed by atoms with Crippen LogP contribution in [0.2, 0.25) is 0 Å². The number of nitrogens with one attached hydrogen (secondary N) is 1. The molecular formula is C17H16N6OS. The van der Waals surface area contributed by atoms with E-state index in [2.05, 4.69) is 27.3 Å². The monoisotopic (exact) mass is 352 g/mol. The van der Waals surface area contributed by atoms with E-state index < -0.39 is 0 Å². The van der Waals surface area contributed by atoms with Gasteiger partial charge in [-0.25, -0.2) is 14.5 Å². The standard InChI is InChI=1S/C17H16N6OS/c1-11-8-9-13(24-2)16-20-15(22-23(11)16)14(12-6-4-3-5-7-12)25-17-18-10-19-21-17/h3-10,14H,1-2H3,(H,18,19,21). The zero-order chi connectivity index (χ0) is 17.2. The van der Waals surface area contributed by atoms with Crippen LogP contribution < -0.4 is 4.74 Å². The van der Waals surface area contributed by atoms with E-state index in [0.717, 1.165) is 16.4 Å². The number of hydrogen-bond acceptors (Lipinski definition) is 6. The number of rotatable bonds is 5. The van der Waals surface area contributed by atoms with Crippen LogP contribution in [0.25, 0.3) is 5.65 Å². The largest absolute Gasteiger partial charge is 0.493 e. The van der Waals surface area contributed by atoms with Gasteiger partial charge in [0.15, 0.2) is 22.4 Å². The number of thioether (sulfide) groups is 1. The number of aryl methyl sites for hydroxylation is 1. The summed E-state index contributed by atoms with van der Waals surface area (Å²) in [6.07, 6.45) is 1.49. The Kier molecular flexibility index (Phi) is 4.10. The number of hydrogen-bond donors (Lipinski definition) is 1. The van der Waals surface area contributed by atoms with Gasteiger partial charge >= 0.3 is 0 Å². The summed E-state index contributed by atoms with van der Waals surface area (Å²) in [6, 6.07) is 14.0. The van der Waals surface area contributed by atoms with Crippen molar-refractivity contribution in [3.63, 3.8) is 0 Å².